The molecule has 0 heterocycles. The summed E-state index contributed by atoms with van der Waals surface area (Å²) in [4.78, 5) is 25.8. The van der Waals surface area contributed by atoms with Gasteiger partial charge in [0.2, 0.25) is 0 Å². The van der Waals surface area contributed by atoms with Crippen molar-refractivity contribution >= 4 is 12.1 Å². The molecule has 2 rings (SSSR count). The molecule has 0 saturated heterocycles. The number of ether oxygens (including phenoxy) is 3. The molecule has 0 aliphatic carbocycles. The molecular weight excluding hydrogens is 515 g/mol. The molecule has 0 spiro atoms. The molecule has 216 valence electrons. The van der Waals surface area contributed by atoms with Gasteiger partial charge in [-0.2, -0.15) is 13.2 Å². The Hall–Kier alpha value is -3.27. The van der Waals surface area contributed by atoms with E-state index in [-0.39, 0.29) is 32.5 Å². The summed E-state index contributed by atoms with van der Waals surface area (Å²) in [5, 5.41) is 9.25. The lowest BCUT2D eigenvalue weighted by molar-refractivity contribution is -0.150. The fourth-order valence-electron chi connectivity index (χ4n) is 4.21. The molecule has 1 atom stereocenters. The molecule has 1 N–H and O–H groups in total. The molecule has 0 aliphatic heterocycles. The Morgan fingerprint density at radius 1 is 0.974 bits per heavy atom. The lowest BCUT2D eigenvalue weighted by Crippen LogP contribution is -2.37. The van der Waals surface area contributed by atoms with Crippen LogP contribution in [0.25, 0.3) is 0 Å². The highest BCUT2D eigenvalue weighted by molar-refractivity contribution is 5.73. The zero-order valence-corrected chi connectivity index (χ0v) is 23.0. The third-order valence-electron chi connectivity index (χ3n) is 6.06. The third kappa shape index (κ3) is 11.6. The molecule has 10 heteroatoms. The van der Waals surface area contributed by atoms with Crippen molar-refractivity contribution in [3.63, 3.8) is 0 Å². The van der Waals surface area contributed by atoms with E-state index in [1.807, 2.05) is 32.9 Å². The quantitative estimate of drug-likeness (QED) is 0.249. The number of alkyl halides is 3. The molecule has 0 bridgehead atoms. The van der Waals surface area contributed by atoms with Crippen LogP contribution in [0, 0.1) is 20.8 Å². The lowest BCUT2D eigenvalue weighted by Gasteiger charge is -2.23. The molecule has 7 nitrogen and oxygen atoms in total. The first-order valence-corrected chi connectivity index (χ1v) is 13.1. The van der Waals surface area contributed by atoms with Gasteiger partial charge in [-0.05, 0) is 69.4 Å². The monoisotopic (exact) mass is 553 g/mol. The van der Waals surface area contributed by atoms with Crippen molar-refractivity contribution in [2.24, 2.45) is 0 Å². The summed E-state index contributed by atoms with van der Waals surface area (Å²) in [5.41, 5.74) is 3.45. The van der Waals surface area contributed by atoms with Crippen molar-refractivity contribution in [3.8, 4) is 11.5 Å². The Kier molecular flexibility index (Phi) is 12.6. The van der Waals surface area contributed by atoms with Crippen molar-refractivity contribution in [2.45, 2.75) is 72.1 Å². The minimum Gasteiger partial charge on any atom is -0.492 e. The number of carbonyl (C=O) groups excluding carboxylic acids is 1. The average molecular weight is 554 g/mol. The predicted molar refractivity (Wildman–Crippen MR) is 141 cm³/mol. The molecule has 0 aromatic heterocycles. The average Bonchev–Trinajstić information content (AvgIpc) is 2.84. The fourth-order valence-corrected chi connectivity index (χ4v) is 4.21. The number of unbranched alkanes of at least 4 members (excludes halogenated alkanes) is 2. The van der Waals surface area contributed by atoms with E-state index in [1.165, 1.54) is 4.90 Å². The van der Waals surface area contributed by atoms with Crippen LogP contribution < -0.4 is 9.47 Å². The minimum absolute atomic E-state index is 0.00253. The van der Waals surface area contributed by atoms with E-state index in [1.54, 1.807) is 31.2 Å². The number of aryl methyl sites for hydroxylation is 3. The van der Waals surface area contributed by atoms with Crippen LogP contribution >= 0.6 is 0 Å². The lowest BCUT2D eigenvalue weighted by atomic mass is 10.1. The molecule has 2 aromatic carbocycles. The molecule has 0 radical (unpaired) electrons. The first-order valence-electron chi connectivity index (χ1n) is 13.1. The maximum absolute atomic E-state index is 13.0. The van der Waals surface area contributed by atoms with Gasteiger partial charge in [-0.25, -0.2) is 9.59 Å². The molecular formula is C29H38F3NO6. The van der Waals surface area contributed by atoms with Crippen LogP contribution in [0.3, 0.4) is 0 Å². The zero-order valence-electron chi connectivity index (χ0n) is 23.0. The molecule has 1 unspecified atom stereocenters. The second kappa shape index (κ2) is 15.4. The second-order valence-corrected chi connectivity index (χ2v) is 9.49. The van der Waals surface area contributed by atoms with Crippen molar-refractivity contribution in [2.75, 3.05) is 26.3 Å². The predicted octanol–water partition coefficient (Wildman–Crippen LogP) is 6.65. The van der Waals surface area contributed by atoms with Crippen LogP contribution in [-0.2, 0) is 16.0 Å². The molecule has 2 aromatic rings. The van der Waals surface area contributed by atoms with Gasteiger partial charge in [-0.1, -0.05) is 36.2 Å². The summed E-state index contributed by atoms with van der Waals surface area (Å²) in [6.45, 7) is 8.23. The van der Waals surface area contributed by atoms with E-state index in [4.69, 9.17) is 14.2 Å². The summed E-state index contributed by atoms with van der Waals surface area (Å²) in [5.74, 6) is -0.0276. The van der Waals surface area contributed by atoms with Gasteiger partial charge < -0.3 is 24.2 Å². The largest absolute Gasteiger partial charge is 0.492 e. The molecule has 39 heavy (non-hydrogen) atoms. The van der Waals surface area contributed by atoms with E-state index in [0.717, 1.165) is 22.3 Å². The van der Waals surface area contributed by atoms with Crippen LogP contribution in [0.15, 0.2) is 36.4 Å². The number of carboxylic acids is 1. The maximum atomic E-state index is 13.0. The highest BCUT2D eigenvalue weighted by Crippen LogP contribution is 2.26. The third-order valence-corrected chi connectivity index (χ3v) is 6.06. The van der Waals surface area contributed by atoms with Gasteiger partial charge in [0, 0.05) is 26.0 Å². The van der Waals surface area contributed by atoms with Gasteiger partial charge in [-0.3, -0.25) is 0 Å². The van der Waals surface area contributed by atoms with E-state index in [0.29, 0.717) is 30.9 Å². The SMILES string of the molecule is CCOC(Cc1ccc(OCCN(CCCCCC(F)(F)F)C(=O)Oc2c(C)cc(C)cc2C)cc1)C(=O)O. The summed E-state index contributed by atoms with van der Waals surface area (Å²) < 4.78 is 54.1. The number of rotatable bonds is 15. The van der Waals surface area contributed by atoms with Crippen LogP contribution in [0.1, 0.15) is 54.9 Å². The minimum atomic E-state index is -4.19. The summed E-state index contributed by atoms with van der Waals surface area (Å²) in [6, 6.07) is 10.7. The number of hydrogen-bond acceptors (Lipinski definition) is 5. The molecule has 0 saturated carbocycles. The number of aliphatic carboxylic acids is 1. The van der Waals surface area contributed by atoms with Crippen molar-refractivity contribution < 1.29 is 42.1 Å². The Bertz CT molecular complexity index is 1050. The van der Waals surface area contributed by atoms with Gasteiger partial charge in [0.25, 0.3) is 0 Å². The van der Waals surface area contributed by atoms with E-state index < -0.39 is 30.8 Å². The summed E-state index contributed by atoms with van der Waals surface area (Å²) >= 11 is 0. The topological polar surface area (TPSA) is 85.3 Å². The summed E-state index contributed by atoms with van der Waals surface area (Å²) in [7, 11) is 0. The fraction of sp³-hybridized carbons (Fsp3) is 0.517. The Morgan fingerprint density at radius 2 is 1.62 bits per heavy atom. The first kappa shape index (κ1) is 31.9. The number of carboxylic acid groups (broad SMARTS) is 1. The van der Waals surface area contributed by atoms with Crippen LogP contribution in [0.2, 0.25) is 0 Å². The first-order chi connectivity index (χ1) is 18.4. The molecule has 0 fully saturated rings. The number of halogens is 3. The molecule has 1 amide bonds. The van der Waals surface area contributed by atoms with E-state index in [2.05, 4.69) is 0 Å². The highest BCUT2D eigenvalue weighted by atomic mass is 19.4. The normalized spacial score (nSPS) is 12.2. The van der Waals surface area contributed by atoms with Crippen LogP contribution in [-0.4, -0.2) is 60.7 Å². The number of amides is 1. The van der Waals surface area contributed by atoms with E-state index >= 15 is 0 Å². The zero-order chi connectivity index (χ0) is 29.0. The standard InChI is InChI=1S/C29H38F3NO6/c1-5-37-25(27(34)35)19-23-9-11-24(12-10-23)38-16-15-33(14-8-6-7-13-29(30,31)32)28(36)39-26-21(3)17-20(2)18-22(26)4/h9-12,17-18,25H,5-8,13-16,19H2,1-4H3,(H,34,35). The summed E-state index contributed by atoms with van der Waals surface area (Å²) in [6.07, 6.45) is -5.62. The van der Waals surface area contributed by atoms with Crippen LogP contribution in [0.5, 0.6) is 11.5 Å². The molecule has 0 aliphatic rings. The Morgan fingerprint density at radius 3 is 2.18 bits per heavy atom. The van der Waals surface area contributed by atoms with Crippen molar-refractivity contribution in [1.82, 2.24) is 4.90 Å². The Balaban J connectivity index is 1.98. The van der Waals surface area contributed by atoms with Crippen molar-refractivity contribution in [3.05, 3.63) is 58.7 Å². The van der Waals surface area contributed by atoms with Gasteiger partial charge in [0.15, 0.2) is 6.10 Å². The second-order valence-electron chi connectivity index (χ2n) is 9.49. The number of nitrogens with zero attached hydrogens (tertiary/aromatic N) is 1. The number of benzene rings is 2. The highest BCUT2D eigenvalue weighted by Gasteiger charge is 2.26. The van der Waals surface area contributed by atoms with Crippen LogP contribution in [0.4, 0.5) is 18.0 Å². The van der Waals surface area contributed by atoms with Gasteiger partial charge in [0.1, 0.15) is 18.1 Å². The van der Waals surface area contributed by atoms with Crippen molar-refractivity contribution in [1.29, 1.82) is 0 Å². The van der Waals surface area contributed by atoms with Gasteiger partial charge >= 0.3 is 18.2 Å². The number of carbonyl (C=O) groups is 2. The smallest absolute Gasteiger partial charge is 0.415 e. The van der Waals surface area contributed by atoms with Gasteiger partial charge in [-0.15, -0.1) is 0 Å². The van der Waals surface area contributed by atoms with E-state index in [9.17, 15) is 27.9 Å². The van der Waals surface area contributed by atoms with Gasteiger partial charge in [0.05, 0.1) is 6.54 Å². The number of hydrogen-bond donors (Lipinski definition) is 1. The maximum Gasteiger partial charge on any atom is 0.415 e. The Labute approximate surface area is 227 Å².